The van der Waals surface area contributed by atoms with Gasteiger partial charge in [-0.2, -0.15) is 4.31 Å². The Bertz CT molecular complexity index is 1110. The summed E-state index contributed by atoms with van der Waals surface area (Å²) < 4.78 is 27.1. The molecule has 1 fully saturated rings. The molecule has 3 aromatic rings. The van der Waals surface area contributed by atoms with Crippen LogP contribution in [0.15, 0.2) is 64.2 Å². The minimum absolute atomic E-state index is 0.206. The van der Waals surface area contributed by atoms with Crippen LogP contribution >= 0.6 is 22.7 Å². The molecule has 29 heavy (non-hydrogen) atoms. The van der Waals surface area contributed by atoms with Crippen molar-refractivity contribution in [2.24, 2.45) is 0 Å². The highest BCUT2D eigenvalue weighted by Gasteiger charge is 2.27. The second-order valence-electron chi connectivity index (χ2n) is 6.64. The number of hydrogen-bond donors (Lipinski definition) is 1. The van der Waals surface area contributed by atoms with Crippen molar-refractivity contribution in [3.63, 3.8) is 0 Å². The molecule has 1 aliphatic heterocycles. The van der Waals surface area contributed by atoms with E-state index in [2.05, 4.69) is 5.32 Å². The molecule has 0 unspecified atom stereocenters. The summed E-state index contributed by atoms with van der Waals surface area (Å²) in [7, 11) is -3.53. The molecule has 150 valence electrons. The van der Waals surface area contributed by atoms with Gasteiger partial charge in [-0.3, -0.25) is 4.79 Å². The van der Waals surface area contributed by atoms with Crippen molar-refractivity contribution in [2.75, 3.05) is 18.4 Å². The van der Waals surface area contributed by atoms with E-state index in [0.29, 0.717) is 24.4 Å². The number of sulfonamides is 1. The van der Waals surface area contributed by atoms with Gasteiger partial charge in [-0.25, -0.2) is 8.42 Å². The fraction of sp³-hybridized carbons (Fsp3) is 0.190. The number of nitrogens with one attached hydrogen (secondary N) is 1. The maximum absolute atomic E-state index is 13.0. The molecule has 1 saturated heterocycles. The molecule has 0 radical (unpaired) electrons. The molecule has 4 rings (SSSR count). The quantitative estimate of drug-likeness (QED) is 0.557. The lowest BCUT2D eigenvalue weighted by atomic mass is 10.1. The molecule has 8 heteroatoms. The summed E-state index contributed by atoms with van der Waals surface area (Å²) in [5.74, 6) is -0.267. The van der Waals surface area contributed by atoms with Crippen LogP contribution in [0.4, 0.5) is 5.69 Å². The van der Waals surface area contributed by atoms with Crippen LogP contribution in [-0.2, 0) is 14.8 Å². The van der Waals surface area contributed by atoms with Gasteiger partial charge in [0.1, 0.15) is 0 Å². The van der Waals surface area contributed by atoms with Gasteiger partial charge in [0, 0.05) is 28.5 Å². The predicted octanol–water partition coefficient (Wildman–Crippen LogP) is 4.77. The number of thiophene rings is 2. The molecule has 0 aliphatic carbocycles. The Morgan fingerprint density at radius 2 is 1.76 bits per heavy atom. The summed E-state index contributed by atoms with van der Waals surface area (Å²) in [6.07, 6.45) is 3.62. The summed E-state index contributed by atoms with van der Waals surface area (Å²) in [4.78, 5) is 15.1. The summed E-state index contributed by atoms with van der Waals surface area (Å²) in [6, 6.07) is 14.2. The average Bonchev–Trinajstić information content (AvgIpc) is 3.50. The maximum Gasteiger partial charge on any atom is 0.257 e. The van der Waals surface area contributed by atoms with E-state index in [4.69, 9.17) is 0 Å². The Labute approximate surface area is 178 Å². The highest BCUT2D eigenvalue weighted by molar-refractivity contribution is 7.89. The fourth-order valence-corrected chi connectivity index (χ4v) is 6.17. The predicted molar refractivity (Wildman–Crippen MR) is 120 cm³/mol. The fourth-order valence-electron chi connectivity index (χ4n) is 3.21. The summed E-state index contributed by atoms with van der Waals surface area (Å²) in [5.41, 5.74) is 1.01. The van der Waals surface area contributed by atoms with E-state index in [1.54, 1.807) is 29.5 Å². The second kappa shape index (κ2) is 8.62. The topological polar surface area (TPSA) is 66.5 Å². The molecule has 0 spiro atoms. The van der Waals surface area contributed by atoms with Gasteiger partial charge in [-0.15, -0.1) is 22.7 Å². The van der Waals surface area contributed by atoms with Gasteiger partial charge < -0.3 is 5.32 Å². The Balaban J connectivity index is 1.60. The van der Waals surface area contributed by atoms with Gasteiger partial charge in [0.15, 0.2) is 0 Å². The van der Waals surface area contributed by atoms with E-state index in [9.17, 15) is 13.2 Å². The Hall–Kier alpha value is -2.26. The number of carbonyl (C=O) groups is 1. The van der Waals surface area contributed by atoms with E-state index < -0.39 is 10.0 Å². The summed E-state index contributed by atoms with van der Waals surface area (Å²) >= 11 is 3.04. The molecule has 1 amide bonds. The third-order valence-corrected chi connectivity index (χ3v) is 8.27. The van der Waals surface area contributed by atoms with Crippen LogP contribution in [0.5, 0.6) is 0 Å². The van der Waals surface area contributed by atoms with Gasteiger partial charge >= 0.3 is 0 Å². The first-order valence-corrected chi connectivity index (χ1v) is 12.4. The Morgan fingerprint density at radius 3 is 2.45 bits per heavy atom. The van der Waals surface area contributed by atoms with Gasteiger partial charge in [0.25, 0.3) is 5.91 Å². The molecule has 1 aromatic carbocycles. The number of rotatable bonds is 6. The van der Waals surface area contributed by atoms with E-state index in [0.717, 1.165) is 22.6 Å². The third-order valence-electron chi connectivity index (χ3n) is 4.66. The standard InChI is InChI=1S/C21H20N2O3S3/c24-21(19(20-9-5-13-28-20)15-17-7-4-12-27-17)22-16-6-3-8-18(14-16)29(25,26)23-10-1-2-11-23/h3-9,12-15H,1-2,10-11H2,(H,22,24). The highest BCUT2D eigenvalue weighted by atomic mass is 32.2. The lowest BCUT2D eigenvalue weighted by molar-refractivity contribution is -0.111. The number of amides is 1. The summed E-state index contributed by atoms with van der Waals surface area (Å²) in [6.45, 7) is 1.09. The van der Waals surface area contributed by atoms with Crippen molar-refractivity contribution in [3.8, 4) is 0 Å². The first-order valence-electron chi connectivity index (χ1n) is 9.25. The number of anilines is 1. The van der Waals surface area contributed by atoms with Crippen LogP contribution in [0.1, 0.15) is 22.6 Å². The van der Waals surface area contributed by atoms with Crippen molar-refractivity contribution in [1.82, 2.24) is 4.31 Å². The zero-order chi connectivity index (χ0) is 20.3. The van der Waals surface area contributed by atoms with Gasteiger partial charge in [-0.1, -0.05) is 18.2 Å². The molecule has 0 bridgehead atoms. The normalized spacial score (nSPS) is 15.5. The zero-order valence-electron chi connectivity index (χ0n) is 15.6. The van der Waals surface area contributed by atoms with Crippen LogP contribution in [0.3, 0.4) is 0 Å². The zero-order valence-corrected chi connectivity index (χ0v) is 18.0. The minimum Gasteiger partial charge on any atom is -0.322 e. The second-order valence-corrected chi connectivity index (χ2v) is 10.5. The maximum atomic E-state index is 13.0. The Kier molecular flexibility index (Phi) is 5.96. The lowest BCUT2D eigenvalue weighted by Crippen LogP contribution is -2.27. The molecule has 0 saturated carbocycles. The molecule has 3 heterocycles. The van der Waals surface area contributed by atoms with Crippen LogP contribution < -0.4 is 5.32 Å². The smallest absolute Gasteiger partial charge is 0.257 e. The van der Waals surface area contributed by atoms with Crippen molar-refractivity contribution in [2.45, 2.75) is 17.7 Å². The van der Waals surface area contributed by atoms with Gasteiger partial charge in [0.2, 0.25) is 10.0 Å². The van der Waals surface area contributed by atoms with E-state index >= 15 is 0 Å². The van der Waals surface area contributed by atoms with E-state index in [1.807, 2.05) is 41.1 Å². The number of hydrogen-bond acceptors (Lipinski definition) is 5. The van der Waals surface area contributed by atoms with Gasteiger partial charge in [0.05, 0.1) is 10.5 Å². The first kappa shape index (κ1) is 20.0. The molecule has 1 aliphatic rings. The number of nitrogens with zero attached hydrogens (tertiary/aromatic N) is 1. The average molecular weight is 445 g/mol. The van der Waals surface area contributed by atoms with Crippen LogP contribution in [0.25, 0.3) is 11.6 Å². The van der Waals surface area contributed by atoms with Crippen molar-refractivity contribution < 1.29 is 13.2 Å². The molecule has 2 aromatic heterocycles. The SMILES string of the molecule is O=C(Nc1cccc(S(=O)(=O)N2CCCC2)c1)C(=Cc1cccs1)c1cccs1. The minimum atomic E-state index is -3.53. The van der Waals surface area contributed by atoms with Crippen molar-refractivity contribution in [3.05, 3.63) is 69.0 Å². The van der Waals surface area contributed by atoms with Crippen molar-refractivity contribution >= 4 is 55.9 Å². The molecule has 0 atom stereocenters. The number of carbonyl (C=O) groups excluding carboxylic acids is 1. The van der Waals surface area contributed by atoms with Gasteiger partial charge in [-0.05, 0) is 60.0 Å². The first-order chi connectivity index (χ1) is 14.0. The lowest BCUT2D eigenvalue weighted by Gasteiger charge is -2.16. The largest absolute Gasteiger partial charge is 0.322 e. The molecular formula is C21H20N2O3S3. The van der Waals surface area contributed by atoms with Crippen LogP contribution in [0, 0.1) is 0 Å². The number of benzene rings is 1. The third kappa shape index (κ3) is 4.51. The molecule has 5 nitrogen and oxygen atoms in total. The van der Waals surface area contributed by atoms with Crippen molar-refractivity contribution in [1.29, 1.82) is 0 Å². The monoisotopic (exact) mass is 444 g/mol. The van der Waals surface area contributed by atoms with E-state index in [1.165, 1.54) is 21.7 Å². The van der Waals surface area contributed by atoms with E-state index in [-0.39, 0.29) is 10.8 Å². The van der Waals surface area contributed by atoms with Crippen LogP contribution in [-0.4, -0.2) is 31.7 Å². The highest BCUT2D eigenvalue weighted by Crippen LogP contribution is 2.27. The molecule has 1 N–H and O–H groups in total. The molecular weight excluding hydrogens is 424 g/mol. The summed E-state index contributed by atoms with van der Waals surface area (Å²) in [5, 5.41) is 6.75. The van der Waals surface area contributed by atoms with Crippen LogP contribution in [0.2, 0.25) is 0 Å². The Morgan fingerprint density at radius 1 is 1.00 bits per heavy atom.